The van der Waals surface area contributed by atoms with Crippen molar-refractivity contribution in [1.82, 2.24) is 0 Å². The summed E-state index contributed by atoms with van der Waals surface area (Å²) in [5.74, 6) is 0. The molecule has 0 bridgehead atoms. The first-order valence-electron chi connectivity index (χ1n) is 1.23. The molecule has 0 fully saturated rings. The van der Waals surface area contributed by atoms with Gasteiger partial charge in [-0.25, -0.2) is 0 Å². The van der Waals surface area contributed by atoms with Crippen LogP contribution in [0.5, 0.6) is 0 Å². The van der Waals surface area contributed by atoms with Crippen molar-refractivity contribution < 1.29 is 2.85 Å². The van der Waals surface area contributed by atoms with Crippen LogP contribution in [0.25, 0.3) is 0 Å². The number of hydrogen-bond donors (Lipinski definition) is 0. The van der Waals surface area contributed by atoms with Crippen molar-refractivity contribution in [3.05, 3.63) is 0 Å². The van der Waals surface area contributed by atoms with Crippen molar-refractivity contribution in [2.45, 2.75) is 0 Å². The topological polar surface area (TPSA) is 49.4 Å². The standard InChI is InChI=1S/CH2N4.Ba.2H/c1-2-4-5-3-1;;;/h1H2;;;/q;+2;2*-1. The van der Waals surface area contributed by atoms with Crippen LogP contribution in [0, 0.1) is 0 Å². The Morgan fingerprint density at radius 2 is 1.67 bits per heavy atom. The Hall–Kier alpha value is 0.771. The summed E-state index contributed by atoms with van der Waals surface area (Å²) < 4.78 is 0. The van der Waals surface area contributed by atoms with Gasteiger partial charge in [-0.15, -0.1) is 10.2 Å². The summed E-state index contributed by atoms with van der Waals surface area (Å²) in [6, 6.07) is 0. The van der Waals surface area contributed by atoms with E-state index in [0.717, 1.165) is 0 Å². The molecule has 0 atom stereocenters. The number of rotatable bonds is 0. The SMILES string of the molecule is C1N=NN=N1.[Ba+2].[H-].[H-]. The molecule has 0 unspecified atom stereocenters. The van der Waals surface area contributed by atoms with Crippen LogP contribution >= 0.6 is 0 Å². The number of nitrogens with zero attached hydrogens (tertiary/aromatic N) is 4. The zero-order chi connectivity index (χ0) is 3.54. The molecule has 0 aliphatic carbocycles. The molecule has 0 radical (unpaired) electrons. The van der Waals surface area contributed by atoms with Crippen LogP contribution in [0.3, 0.4) is 0 Å². The second kappa shape index (κ2) is 3.94. The van der Waals surface area contributed by atoms with Gasteiger partial charge in [-0.05, 0) is 10.4 Å². The molecule has 0 aromatic carbocycles. The van der Waals surface area contributed by atoms with Crippen LogP contribution in [-0.2, 0) is 0 Å². The van der Waals surface area contributed by atoms with E-state index in [4.69, 9.17) is 0 Å². The Labute approximate surface area is 78.1 Å². The van der Waals surface area contributed by atoms with Crippen molar-refractivity contribution in [2.75, 3.05) is 6.67 Å². The third-order valence-corrected chi connectivity index (χ3v) is 0.293. The van der Waals surface area contributed by atoms with E-state index in [2.05, 4.69) is 20.7 Å². The molecule has 0 amide bonds. The summed E-state index contributed by atoms with van der Waals surface area (Å²) in [5.41, 5.74) is 0. The molecule has 1 aliphatic heterocycles. The van der Waals surface area contributed by atoms with E-state index >= 15 is 0 Å². The Balaban J connectivity index is -0.0000000833. The normalized spacial score (nSPS) is 14.7. The fourth-order valence-electron chi connectivity index (χ4n) is 0.141. The maximum atomic E-state index is 3.38. The van der Waals surface area contributed by atoms with Gasteiger partial charge in [0.05, 0.1) is 0 Å². The molecule has 1 heterocycles. The average Bonchev–Trinajstić information content (AvgIpc) is 1.76. The summed E-state index contributed by atoms with van der Waals surface area (Å²) in [6.07, 6.45) is 0. The van der Waals surface area contributed by atoms with Crippen LogP contribution in [0.1, 0.15) is 2.85 Å². The average molecular weight is 209 g/mol. The van der Waals surface area contributed by atoms with Crippen molar-refractivity contribution in [3.63, 3.8) is 0 Å². The van der Waals surface area contributed by atoms with Gasteiger partial charge < -0.3 is 2.85 Å². The summed E-state index contributed by atoms with van der Waals surface area (Å²) in [7, 11) is 0. The van der Waals surface area contributed by atoms with Gasteiger partial charge in [0, 0.05) is 0 Å². The third kappa shape index (κ3) is 2.04. The molecule has 6 heavy (non-hydrogen) atoms. The Morgan fingerprint density at radius 1 is 1.17 bits per heavy atom. The third-order valence-electron chi connectivity index (χ3n) is 0.293. The molecule has 0 saturated carbocycles. The molecule has 5 heteroatoms. The Bertz CT molecular complexity index is 72.1. The maximum Gasteiger partial charge on any atom is 2.00 e. The molecular formula is CH4BaN4. The first-order valence-corrected chi connectivity index (χ1v) is 1.23. The van der Waals surface area contributed by atoms with Gasteiger partial charge in [-0.2, -0.15) is 0 Å². The van der Waals surface area contributed by atoms with Crippen LogP contribution in [0.2, 0.25) is 0 Å². The van der Waals surface area contributed by atoms with E-state index in [-0.39, 0.29) is 51.7 Å². The van der Waals surface area contributed by atoms with E-state index < -0.39 is 0 Å². The molecule has 0 spiro atoms. The quantitative estimate of drug-likeness (QED) is 0.525. The van der Waals surface area contributed by atoms with E-state index in [1.54, 1.807) is 0 Å². The van der Waals surface area contributed by atoms with Gasteiger partial charge in [0.2, 0.25) is 0 Å². The second-order valence-corrected chi connectivity index (χ2v) is 0.603. The number of hydrogen-bond acceptors (Lipinski definition) is 4. The monoisotopic (exact) mass is 210 g/mol. The van der Waals surface area contributed by atoms with Crippen LogP contribution in [0.15, 0.2) is 20.7 Å². The molecule has 1 aliphatic rings. The predicted molar refractivity (Wildman–Crippen MR) is 22.6 cm³/mol. The molecule has 1 rings (SSSR count). The summed E-state index contributed by atoms with van der Waals surface area (Å²) in [6.45, 7) is 0.417. The van der Waals surface area contributed by atoms with Gasteiger partial charge in [0.15, 0.2) is 6.67 Å². The molecule has 4 nitrogen and oxygen atoms in total. The zero-order valence-corrected chi connectivity index (χ0v) is 7.64. The molecular weight excluding hydrogens is 205 g/mol. The Kier molecular flexibility index (Phi) is 4.45. The van der Waals surface area contributed by atoms with E-state index in [1.807, 2.05) is 0 Å². The van der Waals surface area contributed by atoms with Crippen LogP contribution < -0.4 is 0 Å². The van der Waals surface area contributed by atoms with Gasteiger partial charge >= 0.3 is 48.9 Å². The smallest absolute Gasteiger partial charge is 1.00 e. The van der Waals surface area contributed by atoms with Crippen molar-refractivity contribution in [1.29, 1.82) is 0 Å². The molecule has 0 N–H and O–H groups in total. The fraction of sp³-hybridized carbons (Fsp3) is 1.00. The van der Waals surface area contributed by atoms with Crippen molar-refractivity contribution in [2.24, 2.45) is 20.7 Å². The van der Waals surface area contributed by atoms with Crippen LogP contribution in [0.4, 0.5) is 0 Å². The first kappa shape index (κ1) is 6.77. The minimum absolute atomic E-state index is 0. The van der Waals surface area contributed by atoms with E-state index in [9.17, 15) is 0 Å². The van der Waals surface area contributed by atoms with E-state index in [1.165, 1.54) is 0 Å². The van der Waals surface area contributed by atoms with Crippen molar-refractivity contribution in [3.8, 4) is 0 Å². The minimum Gasteiger partial charge on any atom is -1.00 e. The molecule has 0 aromatic rings. The Morgan fingerprint density at radius 3 is 1.83 bits per heavy atom. The molecule has 30 valence electrons. The minimum atomic E-state index is 0. The zero-order valence-electron chi connectivity index (χ0n) is 5.20. The summed E-state index contributed by atoms with van der Waals surface area (Å²) >= 11 is 0. The summed E-state index contributed by atoms with van der Waals surface area (Å²) in [5, 5.41) is 13.1. The molecule has 0 saturated heterocycles. The van der Waals surface area contributed by atoms with Gasteiger partial charge in [-0.3, -0.25) is 0 Å². The molecule has 0 aromatic heterocycles. The maximum absolute atomic E-state index is 3.38. The van der Waals surface area contributed by atoms with Crippen LogP contribution in [-0.4, -0.2) is 55.5 Å². The van der Waals surface area contributed by atoms with Gasteiger partial charge in [0.25, 0.3) is 0 Å². The van der Waals surface area contributed by atoms with Gasteiger partial charge in [-0.1, -0.05) is 0 Å². The predicted octanol–water partition coefficient (Wildman–Crippen LogP) is 0.621. The first-order chi connectivity index (χ1) is 2.50. The second-order valence-electron chi connectivity index (χ2n) is 0.603. The largest absolute Gasteiger partial charge is 2.00 e. The summed E-state index contributed by atoms with van der Waals surface area (Å²) in [4.78, 5) is 0. The van der Waals surface area contributed by atoms with E-state index in [0.29, 0.717) is 6.67 Å². The van der Waals surface area contributed by atoms with Crippen molar-refractivity contribution >= 4 is 48.9 Å². The fourth-order valence-corrected chi connectivity index (χ4v) is 0.141. The van der Waals surface area contributed by atoms with Gasteiger partial charge in [0.1, 0.15) is 0 Å².